The number of piperidine rings is 1. The predicted octanol–water partition coefficient (Wildman–Crippen LogP) is 4.39. The van der Waals surface area contributed by atoms with Crippen LogP contribution in [0.2, 0.25) is 5.02 Å². The van der Waals surface area contributed by atoms with E-state index in [2.05, 4.69) is 10.3 Å². The molecule has 1 amide bonds. The minimum Gasteiger partial charge on any atom is -0.431 e. The maximum absolute atomic E-state index is 12.9. The molecule has 30 heavy (non-hydrogen) atoms. The van der Waals surface area contributed by atoms with Gasteiger partial charge in [0.1, 0.15) is 10.4 Å². The number of carbonyl (C=O) groups is 1. The lowest BCUT2D eigenvalue weighted by Gasteiger charge is -2.26. The molecule has 0 bridgehead atoms. The van der Waals surface area contributed by atoms with Gasteiger partial charge in [-0.3, -0.25) is 4.79 Å². The van der Waals surface area contributed by atoms with Gasteiger partial charge in [0.25, 0.3) is 5.22 Å². The average Bonchev–Trinajstić information content (AvgIpc) is 3.17. The summed E-state index contributed by atoms with van der Waals surface area (Å²) in [6, 6.07) is 11.8. The molecule has 0 aliphatic carbocycles. The van der Waals surface area contributed by atoms with Gasteiger partial charge in [0.05, 0.1) is 10.8 Å². The summed E-state index contributed by atoms with van der Waals surface area (Å²) in [6.45, 7) is 0.965. The zero-order valence-electron chi connectivity index (χ0n) is 16.0. The van der Waals surface area contributed by atoms with Crippen molar-refractivity contribution in [3.05, 3.63) is 47.5 Å². The summed E-state index contributed by atoms with van der Waals surface area (Å²) in [6.07, 6.45) is 2.69. The van der Waals surface area contributed by atoms with Crippen molar-refractivity contribution in [1.29, 1.82) is 0 Å². The van der Waals surface area contributed by atoms with E-state index in [-0.39, 0.29) is 21.6 Å². The number of aromatic nitrogens is 1. The normalized spacial score (nSPS) is 15.4. The second-order valence-electron chi connectivity index (χ2n) is 6.89. The molecule has 1 aromatic heterocycles. The first-order chi connectivity index (χ1) is 14.4. The summed E-state index contributed by atoms with van der Waals surface area (Å²) in [4.78, 5) is 16.7. The third-order valence-corrected chi connectivity index (χ3v) is 7.96. The first-order valence-corrected chi connectivity index (χ1v) is 12.3. The van der Waals surface area contributed by atoms with E-state index in [4.69, 9.17) is 16.0 Å². The number of carbonyl (C=O) groups excluding carboxylic acids is 1. The Kier molecular flexibility index (Phi) is 6.33. The van der Waals surface area contributed by atoms with Gasteiger partial charge in [0, 0.05) is 18.8 Å². The number of benzene rings is 2. The molecule has 2 aromatic carbocycles. The van der Waals surface area contributed by atoms with E-state index in [1.807, 2.05) is 24.3 Å². The lowest BCUT2D eigenvalue weighted by Crippen LogP contribution is -2.35. The van der Waals surface area contributed by atoms with Crippen molar-refractivity contribution in [2.24, 2.45) is 0 Å². The van der Waals surface area contributed by atoms with E-state index in [0.29, 0.717) is 29.6 Å². The molecule has 1 saturated heterocycles. The van der Waals surface area contributed by atoms with Crippen LogP contribution >= 0.6 is 23.4 Å². The zero-order valence-corrected chi connectivity index (χ0v) is 18.4. The lowest BCUT2D eigenvalue weighted by molar-refractivity contribution is -0.113. The first kappa shape index (κ1) is 21.2. The Labute approximate surface area is 183 Å². The van der Waals surface area contributed by atoms with Crippen LogP contribution in [0.3, 0.4) is 0 Å². The molecule has 1 fully saturated rings. The van der Waals surface area contributed by atoms with Gasteiger partial charge in [-0.15, -0.1) is 0 Å². The summed E-state index contributed by atoms with van der Waals surface area (Å²) >= 11 is 7.34. The monoisotopic (exact) mass is 465 g/mol. The molecule has 0 radical (unpaired) electrons. The Morgan fingerprint density at radius 2 is 1.93 bits per heavy atom. The second-order valence-corrected chi connectivity index (χ2v) is 10.1. The molecular formula is C20H20ClN3O4S2. The number of para-hydroxylation sites is 2. The highest BCUT2D eigenvalue weighted by molar-refractivity contribution is 7.99. The number of fused-ring (bicyclic) bond motifs is 1. The molecule has 7 nitrogen and oxygen atoms in total. The van der Waals surface area contributed by atoms with Crippen molar-refractivity contribution in [2.75, 3.05) is 24.2 Å². The summed E-state index contributed by atoms with van der Waals surface area (Å²) < 4.78 is 32.9. The molecule has 1 aliphatic heterocycles. The highest BCUT2D eigenvalue weighted by atomic mass is 35.5. The Hall–Kier alpha value is -2.07. The van der Waals surface area contributed by atoms with Gasteiger partial charge in [-0.2, -0.15) is 4.31 Å². The number of oxazole rings is 1. The van der Waals surface area contributed by atoms with Crippen LogP contribution in [0.1, 0.15) is 19.3 Å². The molecule has 10 heteroatoms. The Morgan fingerprint density at radius 1 is 1.17 bits per heavy atom. The van der Waals surface area contributed by atoms with Gasteiger partial charge < -0.3 is 9.73 Å². The van der Waals surface area contributed by atoms with Crippen LogP contribution in [-0.2, 0) is 14.8 Å². The minimum absolute atomic E-state index is 0.00969. The minimum atomic E-state index is -3.70. The van der Waals surface area contributed by atoms with Gasteiger partial charge in [-0.25, -0.2) is 13.4 Å². The maximum atomic E-state index is 12.9. The topological polar surface area (TPSA) is 92.5 Å². The fourth-order valence-electron chi connectivity index (χ4n) is 3.26. The maximum Gasteiger partial charge on any atom is 0.257 e. The summed E-state index contributed by atoms with van der Waals surface area (Å²) in [5.41, 5.74) is 1.76. The van der Waals surface area contributed by atoms with Crippen LogP contribution in [0.25, 0.3) is 11.1 Å². The molecule has 1 aliphatic rings. The molecule has 3 aromatic rings. The van der Waals surface area contributed by atoms with Crippen molar-refractivity contribution < 1.29 is 17.6 Å². The molecular weight excluding hydrogens is 446 g/mol. The van der Waals surface area contributed by atoms with Crippen molar-refractivity contribution in [3.8, 4) is 0 Å². The summed E-state index contributed by atoms with van der Waals surface area (Å²) in [5.74, 6) is -0.227. The number of rotatable bonds is 6. The highest BCUT2D eigenvalue weighted by Gasteiger charge is 2.28. The molecule has 0 atom stereocenters. The number of hydrogen-bond acceptors (Lipinski definition) is 6. The number of amides is 1. The van der Waals surface area contributed by atoms with Gasteiger partial charge in [-0.1, -0.05) is 41.9 Å². The van der Waals surface area contributed by atoms with E-state index < -0.39 is 10.0 Å². The number of nitrogens with zero attached hydrogens (tertiary/aromatic N) is 2. The molecule has 1 N–H and O–H groups in total. The number of sulfonamides is 1. The SMILES string of the molecule is O=C(CSc1nc2ccccc2o1)Nc1ccc(Cl)c(S(=O)(=O)N2CCCCC2)c1. The Balaban J connectivity index is 1.44. The molecule has 0 unspecified atom stereocenters. The van der Waals surface area contributed by atoms with E-state index >= 15 is 0 Å². The van der Waals surface area contributed by atoms with Crippen LogP contribution < -0.4 is 5.32 Å². The largest absolute Gasteiger partial charge is 0.431 e. The second kappa shape index (κ2) is 8.97. The summed E-state index contributed by atoms with van der Waals surface area (Å²) in [5, 5.41) is 3.26. The van der Waals surface area contributed by atoms with Crippen molar-refractivity contribution in [1.82, 2.24) is 9.29 Å². The number of nitrogens with one attached hydrogen (secondary N) is 1. The van der Waals surface area contributed by atoms with E-state index in [1.54, 1.807) is 6.07 Å². The predicted molar refractivity (Wildman–Crippen MR) is 117 cm³/mol. The van der Waals surface area contributed by atoms with E-state index in [1.165, 1.54) is 28.2 Å². The molecule has 0 spiro atoms. The van der Waals surface area contributed by atoms with Crippen molar-refractivity contribution in [2.45, 2.75) is 29.4 Å². The quantitative estimate of drug-likeness (QED) is 0.543. The standard InChI is InChI=1S/C20H20ClN3O4S2/c21-15-9-8-14(12-18(15)30(26,27)24-10-4-1-5-11-24)22-19(25)13-29-20-23-16-6-2-3-7-17(16)28-20/h2-3,6-9,12H,1,4-5,10-11,13H2,(H,22,25). The van der Waals surface area contributed by atoms with Crippen molar-refractivity contribution >= 4 is 56.1 Å². The van der Waals surface area contributed by atoms with Gasteiger partial charge in [-0.05, 0) is 43.2 Å². The first-order valence-electron chi connectivity index (χ1n) is 9.51. The van der Waals surface area contributed by atoms with Crippen molar-refractivity contribution in [3.63, 3.8) is 0 Å². The van der Waals surface area contributed by atoms with Crippen LogP contribution in [-0.4, -0.2) is 42.5 Å². The van der Waals surface area contributed by atoms with Gasteiger partial charge in [0.2, 0.25) is 15.9 Å². The number of hydrogen-bond donors (Lipinski definition) is 1. The Morgan fingerprint density at radius 3 is 2.70 bits per heavy atom. The lowest BCUT2D eigenvalue weighted by atomic mass is 10.2. The van der Waals surface area contributed by atoms with Crippen LogP contribution in [0.5, 0.6) is 0 Å². The number of thioether (sulfide) groups is 1. The summed E-state index contributed by atoms with van der Waals surface area (Å²) in [7, 11) is -3.70. The van der Waals surface area contributed by atoms with E-state index in [9.17, 15) is 13.2 Å². The van der Waals surface area contributed by atoms with E-state index in [0.717, 1.165) is 24.8 Å². The number of anilines is 1. The van der Waals surface area contributed by atoms with Crippen LogP contribution in [0.15, 0.2) is 57.0 Å². The van der Waals surface area contributed by atoms with Gasteiger partial charge in [0.15, 0.2) is 5.58 Å². The molecule has 158 valence electrons. The fourth-order valence-corrected chi connectivity index (χ4v) is 5.92. The zero-order chi connectivity index (χ0) is 21.1. The fraction of sp³-hybridized carbons (Fsp3) is 0.300. The van der Waals surface area contributed by atoms with Gasteiger partial charge >= 0.3 is 0 Å². The smallest absolute Gasteiger partial charge is 0.257 e. The molecule has 2 heterocycles. The third-order valence-electron chi connectivity index (χ3n) is 4.75. The number of halogens is 1. The highest BCUT2D eigenvalue weighted by Crippen LogP contribution is 2.30. The average molecular weight is 466 g/mol. The van der Waals surface area contributed by atoms with Crippen LogP contribution in [0.4, 0.5) is 5.69 Å². The molecule has 0 saturated carbocycles. The third kappa shape index (κ3) is 4.64. The van der Waals surface area contributed by atoms with Crippen LogP contribution in [0, 0.1) is 0 Å². The Bertz CT molecular complexity index is 1140. The molecule has 4 rings (SSSR count).